The van der Waals surface area contributed by atoms with Gasteiger partial charge < -0.3 is 5.32 Å². The molecule has 0 aliphatic rings. The first-order chi connectivity index (χ1) is 6.70. The highest BCUT2D eigenvalue weighted by molar-refractivity contribution is 7.98. The highest BCUT2D eigenvalue weighted by Crippen LogP contribution is 2.21. The standard InChI is InChI=1S/C10H13F2NS/c1-13-9(6-14-2)7-4-3-5-8(11)10(7)12/h3-5,9,13H,6H2,1-2H3. The molecule has 0 spiro atoms. The van der Waals surface area contributed by atoms with Crippen LogP contribution in [0.15, 0.2) is 18.2 Å². The SMILES string of the molecule is CNC(CSC)c1cccc(F)c1F. The van der Waals surface area contributed by atoms with E-state index in [-0.39, 0.29) is 6.04 Å². The van der Waals surface area contributed by atoms with Crippen LogP contribution in [0.1, 0.15) is 11.6 Å². The molecule has 1 atom stereocenters. The molecular formula is C10H13F2NS. The van der Waals surface area contributed by atoms with Crippen LogP contribution in [0.2, 0.25) is 0 Å². The van der Waals surface area contributed by atoms with E-state index in [4.69, 9.17) is 0 Å². The number of nitrogens with one attached hydrogen (secondary N) is 1. The second-order valence-electron chi connectivity index (χ2n) is 2.94. The lowest BCUT2D eigenvalue weighted by molar-refractivity contribution is 0.484. The van der Waals surface area contributed by atoms with E-state index in [1.165, 1.54) is 6.07 Å². The Bertz CT molecular complexity index is 304. The minimum Gasteiger partial charge on any atom is -0.312 e. The summed E-state index contributed by atoms with van der Waals surface area (Å²) in [6, 6.07) is 4.12. The summed E-state index contributed by atoms with van der Waals surface area (Å²) in [6.07, 6.45) is 1.93. The fourth-order valence-corrected chi connectivity index (χ4v) is 1.96. The Kier molecular flexibility index (Phi) is 4.35. The summed E-state index contributed by atoms with van der Waals surface area (Å²) >= 11 is 1.59. The van der Waals surface area contributed by atoms with Crippen molar-refractivity contribution in [1.29, 1.82) is 0 Å². The zero-order valence-corrected chi connectivity index (χ0v) is 9.00. The molecule has 1 unspecified atom stereocenters. The van der Waals surface area contributed by atoms with Crippen LogP contribution in [0.5, 0.6) is 0 Å². The first-order valence-corrected chi connectivity index (χ1v) is 5.70. The molecule has 1 aromatic rings. The van der Waals surface area contributed by atoms with Gasteiger partial charge in [-0.1, -0.05) is 12.1 Å². The van der Waals surface area contributed by atoms with Crippen LogP contribution in [-0.4, -0.2) is 19.1 Å². The molecule has 0 amide bonds. The van der Waals surface area contributed by atoms with Gasteiger partial charge in [-0.2, -0.15) is 11.8 Å². The second-order valence-corrected chi connectivity index (χ2v) is 3.85. The topological polar surface area (TPSA) is 12.0 Å². The van der Waals surface area contributed by atoms with Crippen LogP contribution in [0, 0.1) is 11.6 Å². The maximum absolute atomic E-state index is 13.3. The molecule has 1 aromatic carbocycles. The number of hydrogen-bond acceptors (Lipinski definition) is 2. The van der Waals surface area contributed by atoms with Gasteiger partial charge in [-0.25, -0.2) is 8.78 Å². The third-order valence-electron chi connectivity index (χ3n) is 2.04. The van der Waals surface area contributed by atoms with Gasteiger partial charge >= 0.3 is 0 Å². The van der Waals surface area contributed by atoms with Crippen molar-refractivity contribution in [3.8, 4) is 0 Å². The molecule has 4 heteroatoms. The van der Waals surface area contributed by atoms with Crippen molar-refractivity contribution in [2.24, 2.45) is 0 Å². The van der Waals surface area contributed by atoms with E-state index in [1.54, 1.807) is 24.9 Å². The van der Waals surface area contributed by atoms with Gasteiger partial charge in [-0.05, 0) is 19.4 Å². The van der Waals surface area contributed by atoms with E-state index in [2.05, 4.69) is 5.32 Å². The maximum atomic E-state index is 13.3. The number of thioether (sulfide) groups is 1. The van der Waals surface area contributed by atoms with Crippen LogP contribution < -0.4 is 5.32 Å². The van der Waals surface area contributed by atoms with Crippen molar-refractivity contribution in [3.05, 3.63) is 35.4 Å². The quantitative estimate of drug-likeness (QED) is 0.832. The molecule has 1 N–H and O–H groups in total. The lowest BCUT2D eigenvalue weighted by Crippen LogP contribution is -2.20. The number of benzene rings is 1. The molecule has 0 radical (unpaired) electrons. The van der Waals surface area contributed by atoms with Gasteiger partial charge in [0.2, 0.25) is 0 Å². The van der Waals surface area contributed by atoms with Crippen molar-refractivity contribution < 1.29 is 8.78 Å². The van der Waals surface area contributed by atoms with E-state index in [1.807, 2.05) is 6.26 Å². The van der Waals surface area contributed by atoms with Crippen molar-refractivity contribution in [1.82, 2.24) is 5.32 Å². The molecule has 1 rings (SSSR count). The molecule has 14 heavy (non-hydrogen) atoms. The van der Waals surface area contributed by atoms with Crippen molar-refractivity contribution in [2.45, 2.75) is 6.04 Å². The third-order valence-corrected chi connectivity index (χ3v) is 2.71. The second kappa shape index (κ2) is 5.32. The minimum absolute atomic E-state index is 0.138. The normalized spacial score (nSPS) is 12.9. The molecule has 0 saturated heterocycles. The fourth-order valence-electron chi connectivity index (χ4n) is 1.28. The smallest absolute Gasteiger partial charge is 0.163 e. The predicted molar refractivity (Wildman–Crippen MR) is 56.5 cm³/mol. The van der Waals surface area contributed by atoms with Gasteiger partial charge in [0, 0.05) is 17.4 Å². The molecule has 0 aromatic heterocycles. The average Bonchev–Trinajstić information content (AvgIpc) is 2.19. The van der Waals surface area contributed by atoms with Gasteiger partial charge in [0.25, 0.3) is 0 Å². The summed E-state index contributed by atoms with van der Waals surface area (Å²) in [5.74, 6) is -0.818. The summed E-state index contributed by atoms with van der Waals surface area (Å²) in [5.41, 5.74) is 0.391. The molecular weight excluding hydrogens is 204 g/mol. The average molecular weight is 217 g/mol. The van der Waals surface area contributed by atoms with Crippen LogP contribution in [-0.2, 0) is 0 Å². The Morgan fingerprint density at radius 1 is 1.43 bits per heavy atom. The van der Waals surface area contributed by atoms with Gasteiger partial charge in [-0.15, -0.1) is 0 Å². The van der Waals surface area contributed by atoms with E-state index in [0.29, 0.717) is 5.56 Å². The molecule has 0 bridgehead atoms. The number of rotatable bonds is 4. The molecule has 0 heterocycles. The van der Waals surface area contributed by atoms with E-state index in [9.17, 15) is 8.78 Å². The Labute approximate surface area is 86.9 Å². The molecule has 1 nitrogen and oxygen atoms in total. The minimum atomic E-state index is -0.788. The highest BCUT2D eigenvalue weighted by Gasteiger charge is 2.15. The third kappa shape index (κ3) is 2.45. The first-order valence-electron chi connectivity index (χ1n) is 4.30. The van der Waals surface area contributed by atoms with Crippen LogP contribution in [0.25, 0.3) is 0 Å². The summed E-state index contributed by atoms with van der Waals surface area (Å²) in [4.78, 5) is 0. The summed E-state index contributed by atoms with van der Waals surface area (Å²) < 4.78 is 26.2. The van der Waals surface area contributed by atoms with E-state index in [0.717, 1.165) is 11.8 Å². The number of halogens is 2. The summed E-state index contributed by atoms with van der Waals surface area (Å²) in [7, 11) is 1.74. The molecule has 78 valence electrons. The van der Waals surface area contributed by atoms with Crippen LogP contribution >= 0.6 is 11.8 Å². The largest absolute Gasteiger partial charge is 0.312 e. The Hall–Kier alpha value is -0.610. The van der Waals surface area contributed by atoms with E-state index < -0.39 is 11.6 Å². The van der Waals surface area contributed by atoms with E-state index >= 15 is 0 Å². The lowest BCUT2D eigenvalue weighted by atomic mass is 10.1. The first kappa shape index (κ1) is 11.5. The highest BCUT2D eigenvalue weighted by atomic mass is 32.2. The monoisotopic (exact) mass is 217 g/mol. The number of hydrogen-bond donors (Lipinski definition) is 1. The predicted octanol–water partition coefficient (Wildman–Crippen LogP) is 2.59. The summed E-state index contributed by atoms with van der Waals surface area (Å²) in [5, 5.41) is 2.96. The zero-order valence-electron chi connectivity index (χ0n) is 8.18. The lowest BCUT2D eigenvalue weighted by Gasteiger charge is -2.16. The van der Waals surface area contributed by atoms with Crippen molar-refractivity contribution in [2.75, 3.05) is 19.1 Å². The van der Waals surface area contributed by atoms with Crippen molar-refractivity contribution in [3.63, 3.8) is 0 Å². The summed E-state index contributed by atoms with van der Waals surface area (Å²) in [6.45, 7) is 0. The maximum Gasteiger partial charge on any atom is 0.163 e. The Balaban J connectivity index is 2.97. The van der Waals surface area contributed by atoms with Gasteiger partial charge in [0.15, 0.2) is 11.6 Å². The van der Waals surface area contributed by atoms with Gasteiger partial charge in [0.05, 0.1) is 0 Å². The van der Waals surface area contributed by atoms with Crippen molar-refractivity contribution >= 4 is 11.8 Å². The van der Waals surface area contributed by atoms with Crippen LogP contribution in [0.3, 0.4) is 0 Å². The fraction of sp³-hybridized carbons (Fsp3) is 0.400. The molecule has 0 aliphatic heterocycles. The molecule has 0 saturated carbocycles. The zero-order chi connectivity index (χ0) is 10.6. The van der Waals surface area contributed by atoms with Gasteiger partial charge in [-0.3, -0.25) is 0 Å². The molecule has 0 aliphatic carbocycles. The Morgan fingerprint density at radius 3 is 2.71 bits per heavy atom. The van der Waals surface area contributed by atoms with Crippen LogP contribution in [0.4, 0.5) is 8.78 Å². The molecule has 0 fully saturated rings. The Morgan fingerprint density at radius 2 is 2.14 bits per heavy atom. The van der Waals surface area contributed by atoms with Gasteiger partial charge in [0.1, 0.15) is 0 Å².